The van der Waals surface area contributed by atoms with E-state index in [2.05, 4.69) is 26.2 Å². The first-order valence-electron chi connectivity index (χ1n) is 7.76. The number of aliphatic imine (C=N–C) groups is 1. The Morgan fingerprint density at radius 3 is 2.79 bits per heavy atom. The Labute approximate surface area is 147 Å². The van der Waals surface area contributed by atoms with Crippen LogP contribution in [0.25, 0.3) is 0 Å². The third-order valence-corrected chi connectivity index (χ3v) is 4.92. The highest BCUT2D eigenvalue weighted by atomic mass is 79.9. The van der Waals surface area contributed by atoms with Crippen LogP contribution in [0.2, 0.25) is 0 Å². The third kappa shape index (κ3) is 2.71. The smallest absolute Gasteiger partial charge is 0.252 e. The lowest BCUT2D eigenvalue weighted by Crippen LogP contribution is -2.46. The molecule has 4 rings (SSSR count). The average molecular weight is 388 g/mol. The van der Waals surface area contributed by atoms with Crippen LogP contribution in [0.5, 0.6) is 0 Å². The van der Waals surface area contributed by atoms with Crippen molar-refractivity contribution in [2.45, 2.75) is 18.5 Å². The summed E-state index contributed by atoms with van der Waals surface area (Å²) in [6, 6.07) is 11.7. The fraction of sp³-hybridized carbons (Fsp3) is 0.222. The summed E-state index contributed by atoms with van der Waals surface area (Å²) in [6.07, 6.45) is 2.29. The fourth-order valence-corrected chi connectivity index (χ4v) is 3.53. The van der Waals surface area contributed by atoms with Crippen LogP contribution in [0.1, 0.15) is 17.2 Å². The molecule has 1 amide bonds. The maximum atomic E-state index is 13.0. The van der Waals surface area contributed by atoms with Gasteiger partial charge in [0.05, 0.1) is 6.34 Å². The zero-order valence-electron chi connectivity index (χ0n) is 12.7. The molecule has 0 fully saturated rings. The quantitative estimate of drug-likeness (QED) is 0.875. The highest BCUT2D eigenvalue weighted by Gasteiger charge is 2.41. The molecule has 122 valence electrons. The Hall–Kier alpha value is -2.21. The standard InChI is InChI=1S/C18H15BrFN3O/c19-12-3-6-15-14(9-12)16-17(22-15)18(24)23(10-21-16)8-7-11-1-4-13(20)5-2-11/h1-6,9-10,16-17,22H,7-8H2. The normalized spacial score (nSPS) is 21.4. The van der Waals surface area contributed by atoms with Gasteiger partial charge in [-0.25, -0.2) is 4.39 Å². The van der Waals surface area contributed by atoms with E-state index in [1.807, 2.05) is 18.2 Å². The highest BCUT2D eigenvalue weighted by Crippen LogP contribution is 2.40. The lowest BCUT2D eigenvalue weighted by molar-refractivity contribution is -0.128. The van der Waals surface area contributed by atoms with Gasteiger partial charge in [-0.2, -0.15) is 0 Å². The van der Waals surface area contributed by atoms with Gasteiger partial charge in [0.25, 0.3) is 5.91 Å². The zero-order valence-corrected chi connectivity index (χ0v) is 14.3. The van der Waals surface area contributed by atoms with Gasteiger partial charge in [-0.1, -0.05) is 28.1 Å². The number of hydrogen-bond acceptors (Lipinski definition) is 3. The molecular weight excluding hydrogens is 373 g/mol. The van der Waals surface area contributed by atoms with Gasteiger partial charge in [0, 0.05) is 22.3 Å². The van der Waals surface area contributed by atoms with E-state index in [0.717, 1.165) is 21.3 Å². The summed E-state index contributed by atoms with van der Waals surface area (Å²) in [5.41, 5.74) is 2.99. The van der Waals surface area contributed by atoms with Crippen molar-refractivity contribution in [1.82, 2.24) is 4.90 Å². The minimum Gasteiger partial charge on any atom is -0.371 e. The molecule has 2 aliphatic rings. The van der Waals surface area contributed by atoms with E-state index < -0.39 is 0 Å². The van der Waals surface area contributed by atoms with E-state index in [-0.39, 0.29) is 23.8 Å². The molecule has 2 aromatic rings. The fourth-order valence-electron chi connectivity index (χ4n) is 3.16. The summed E-state index contributed by atoms with van der Waals surface area (Å²) in [5, 5.41) is 3.27. The van der Waals surface area contributed by atoms with Crippen molar-refractivity contribution in [3.63, 3.8) is 0 Å². The van der Waals surface area contributed by atoms with E-state index in [1.54, 1.807) is 23.4 Å². The molecular formula is C18H15BrFN3O. The van der Waals surface area contributed by atoms with E-state index in [9.17, 15) is 9.18 Å². The second-order valence-electron chi connectivity index (χ2n) is 5.97. The molecule has 0 aromatic heterocycles. The number of carbonyl (C=O) groups is 1. The van der Waals surface area contributed by atoms with Crippen molar-refractivity contribution >= 4 is 33.9 Å². The van der Waals surface area contributed by atoms with Crippen LogP contribution in [0.3, 0.4) is 0 Å². The maximum Gasteiger partial charge on any atom is 0.252 e. The van der Waals surface area contributed by atoms with Gasteiger partial charge in [0.2, 0.25) is 0 Å². The van der Waals surface area contributed by atoms with Gasteiger partial charge in [0.1, 0.15) is 17.9 Å². The zero-order chi connectivity index (χ0) is 16.7. The molecule has 4 nitrogen and oxygen atoms in total. The van der Waals surface area contributed by atoms with Crippen LogP contribution >= 0.6 is 15.9 Å². The minimum atomic E-state index is -0.354. The molecule has 2 aliphatic heterocycles. The molecule has 0 spiro atoms. The second-order valence-corrected chi connectivity index (χ2v) is 6.89. The topological polar surface area (TPSA) is 44.7 Å². The average Bonchev–Trinajstić information content (AvgIpc) is 2.95. The Bertz CT molecular complexity index is 822. The van der Waals surface area contributed by atoms with E-state index in [4.69, 9.17) is 0 Å². The van der Waals surface area contributed by atoms with Crippen molar-refractivity contribution in [3.05, 3.63) is 63.9 Å². The van der Waals surface area contributed by atoms with Crippen molar-refractivity contribution in [2.75, 3.05) is 11.9 Å². The largest absolute Gasteiger partial charge is 0.371 e. The highest BCUT2D eigenvalue weighted by molar-refractivity contribution is 9.10. The molecule has 2 atom stereocenters. The van der Waals surface area contributed by atoms with Crippen molar-refractivity contribution < 1.29 is 9.18 Å². The summed E-state index contributed by atoms with van der Waals surface area (Å²) in [7, 11) is 0. The number of benzene rings is 2. The molecule has 0 saturated carbocycles. The first-order chi connectivity index (χ1) is 11.6. The predicted octanol–water partition coefficient (Wildman–Crippen LogP) is 3.54. The van der Waals surface area contributed by atoms with Gasteiger partial charge in [-0.15, -0.1) is 0 Å². The van der Waals surface area contributed by atoms with Gasteiger partial charge in [-0.05, 0) is 42.3 Å². The molecule has 2 heterocycles. The summed E-state index contributed by atoms with van der Waals surface area (Å²) >= 11 is 3.46. The monoisotopic (exact) mass is 387 g/mol. The summed E-state index contributed by atoms with van der Waals surface area (Å²) in [5.74, 6) is -0.235. The molecule has 6 heteroatoms. The van der Waals surface area contributed by atoms with E-state index in [1.165, 1.54) is 12.1 Å². The van der Waals surface area contributed by atoms with Crippen molar-refractivity contribution in [3.8, 4) is 0 Å². The number of hydrogen-bond donors (Lipinski definition) is 1. The molecule has 1 N–H and O–H groups in total. The van der Waals surface area contributed by atoms with Gasteiger partial charge >= 0.3 is 0 Å². The number of carbonyl (C=O) groups excluding carboxylic acids is 1. The first kappa shape index (κ1) is 15.3. The Balaban J connectivity index is 1.49. The van der Waals surface area contributed by atoms with Crippen LogP contribution in [0.15, 0.2) is 51.9 Å². The number of nitrogens with one attached hydrogen (secondary N) is 1. The Morgan fingerprint density at radius 2 is 2.00 bits per heavy atom. The van der Waals surface area contributed by atoms with E-state index in [0.29, 0.717) is 13.0 Å². The number of anilines is 1. The summed E-state index contributed by atoms with van der Waals surface area (Å²) in [6.45, 7) is 0.527. The number of rotatable bonds is 3. The molecule has 2 aromatic carbocycles. The van der Waals surface area contributed by atoms with Crippen molar-refractivity contribution in [2.24, 2.45) is 4.99 Å². The molecule has 0 saturated heterocycles. The molecule has 0 aliphatic carbocycles. The minimum absolute atomic E-state index is 0.0180. The van der Waals surface area contributed by atoms with Gasteiger partial charge in [0.15, 0.2) is 0 Å². The van der Waals surface area contributed by atoms with Crippen LogP contribution in [-0.4, -0.2) is 29.7 Å². The lowest BCUT2D eigenvalue weighted by atomic mass is 10.0. The number of nitrogens with zero attached hydrogens (tertiary/aromatic N) is 2. The number of amides is 1. The van der Waals surface area contributed by atoms with Crippen LogP contribution < -0.4 is 5.32 Å². The summed E-state index contributed by atoms with van der Waals surface area (Å²) < 4.78 is 13.9. The van der Waals surface area contributed by atoms with Gasteiger partial charge in [-0.3, -0.25) is 9.79 Å². The van der Waals surface area contributed by atoms with Crippen LogP contribution in [-0.2, 0) is 11.2 Å². The summed E-state index contributed by atoms with van der Waals surface area (Å²) in [4.78, 5) is 18.9. The number of fused-ring (bicyclic) bond motifs is 3. The van der Waals surface area contributed by atoms with Crippen LogP contribution in [0.4, 0.5) is 10.1 Å². The number of halogens is 2. The molecule has 0 bridgehead atoms. The van der Waals surface area contributed by atoms with Crippen molar-refractivity contribution in [1.29, 1.82) is 0 Å². The Kier molecular flexibility index (Phi) is 3.84. The van der Waals surface area contributed by atoms with Gasteiger partial charge < -0.3 is 10.2 Å². The SMILES string of the molecule is O=C1C2Nc3ccc(Br)cc3C2N=CN1CCc1ccc(F)cc1. The van der Waals surface area contributed by atoms with E-state index >= 15 is 0 Å². The maximum absolute atomic E-state index is 13.0. The molecule has 0 radical (unpaired) electrons. The second kappa shape index (κ2) is 6.02. The third-order valence-electron chi connectivity index (χ3n) is 4.43. The molecule has 24 heavy (non-hydrogen) atoms. The lowest BCUT2D eigenvalue weighted by Gasteiger charge is -2.28. The molecule has 2 unspecified atom stereocenters. The van der Waals surface area contributed by atoms with Crippen LogP contribution in [0, 0.1) is 5.82 Å². The predicted molar refractivity (Wildman–Crippen MR) is 94.6 cm³/mol. The Morgan fingerprint density at radius 1 is 1.21 bits per heavy atom. The first-order valence-corrected chi connectivity index (χ1v) is 8.55.